The van der Waals surface area contributed by atoms with Gasteiger partial charge in [-0.3, -0.25) is 9.59 Å². The first-order valence-corrected chi connectivity index (χ1v) is 7.27. The van der Waals surface area contributed by atoms with Crippen LogP contribution < -0.4 is 10.6 Å². The number of rotatable bonds is 3. The van der Waals surface area contributed by atoms with E-state index in [1.807, 2.05) is 0 Å². The molecule has 0 heterocycles. The molecule has 0 unspecified atom stereocenters. The van der Waals surface area contributed by atoms with Gasteiger partial charge in [0.05, 0.1) is 5.02 Å². The highest BCUT2D eigenvalue weighted by molar-refractivity contribution is 9.10. The Morgan fingerprint density at radius 3 is 2.10 bits per heavy atom. The third kappa shape index (κ3) is 4.31. The number of hydrogen-bond donors (Lipinski definition) is 2. The van der Waals surface area contributed by atoms with Gasteiger partial charge in [-0.05, 0) is 58.4 Å². The highest BCUT2D eigenvalue weighted by atomic mass is 79.9. The van der Waals surface area contributed by atoms with Crippen LogP contribution in [0.4, 0.5) is 11.4 Å². The van der Waals surface area contributed by atoms with Crippen LogP contribution in [0.25, 0.3) is 0 Å². The normalized spacial score (nSPS) is 10.0. The fraction of sp³-hybridized carbons (Fsp3) is 0.0667. The van der Waals surface area contributed by atoms with Crippen molar-refractivity contribution in [3.63, 3.8) is 0 Å². The van der Waals surface area contributed by atoms with Gasteiger partial charge < -0.3 is 10.6 Å². The van der Waals surface area contributed by atoms with Gasteiger partial charge in [-0.25, -0.2) is 0 Å². The summed E-state index contributed by atoms with van der Waals surface area (Å²) in [6, 6.07) is 11.8. The highest BCUT2D eigenvalue weighted by Crippen LogP contribution is 2.23. The largest absolute Gasteiger partial charge is 0.326 e. The molecule has 2 N–H and O–H groups in total. The number of carbonyl (C=O) groups excluding carboxylic acids is 2. The zero-order valence-electron chi connectivity index (χ0n) is 11.1. The van der Waals surface area contributed by atoms with Crippen LogP contribution in [0.15, 0.2) is 46.9 Å². The molecule has 0 aliphatic heterocycles. The van der Waals surface area contributed by atoms with E-state index in [1.165, 1.54) is 6.92 Å². The fourth-order valence-corrected chi connectivity index (χ4v) is 2.11. The molecule has 2 aromatic rings. The van der Waals surface area contributed by atoms with E-state index in [9.17, 15) is 9.59 Å². The van der Waals surface area contributed by atoms with E-state index in [1.54, 1.807) is 42.5 Å². The van der Waals surface area contributed by atoms with Gasteiger partial charge in [-0.15, -0.1) is 0 Å². The van der Waals surface area contributed by atoms with E-state index >= 15 is 0 Å². The molecular formula is C15H12BrClN2O2. The van der Waals surface area contributed by atoms with Crippen molar-refractivity contribution in [3.05, 3.63) is 57.5 Å². The molecule has 4 nitrogen and oxygen atoms in total. The Hall–Kier alpha value is -1.85. The molecular weight excluding hydrogens is 356 g/mol. The van der Waals surface area contributed by atoms with E-state index in [-0.39, 0.29) is 11.8 Å². The number of benzene rings is 2. The predicted octanol–water partition coefficient (Wildman–Crippen LogP) is 4.31. The van der Waals surface area contributed by atoms with Gasteiger partial charge in [0.25, 0.3) is 5.91 Å². The van der Waals surface area contributed by atoms with Gasteiger partial charge in [-0.1, -0.05) is 11.6 Å². The Balaban J connectivity index is 2.08. The van der Waals surface area contributed by atoms with Crippen molar-refractivity contribution in [1.82, 2.24) is 0 Å². The van der Waals surface area contributed by atoms with E-state index in [4.69, 9.17) is 11.6 Å². The number of halogens is 2. The number of anilines is 2. The Morgan fingerprint density at radius 1 is 1.00 bits per heavy atom. The standard InChI is InChI=1S/C15H12BrClN2O2/c1-9(20)18-11-3-5-12(6-4-11)19-15(21)10-2-7-13(16)14(17)8-10/h2-8H,1H3,(H,18,20)(H,19,21). The quantitative estimate of drug-likeness (QED) is 0.849. The predicted molar refractivity (Wildman–Crippen MR) is 87.9 cm³/mol. The second-order valence-electron chi connectivity index (χ2n) is 4.34. The molecule has 0 aliphatic rings. The minimum Gasteiger partial charge on any atom is -0.326 e. The molecule has 0 bridgehead atoms. The molecule has 0 spiro atoms. The average molecular weight is 368 g/mol. The molecule has 0 saturated heterocycles. The molecule has 2 rings (SSSR count). The average Bonchev–Trinajstić information content (AvgIpc) is 2.43. The zero-order chi connectivity index (χ0) is 15.4. The summed E-state index contributed by atoms with van der Waals surface area (Å²) >= 11 is 9.24. The first-order valence-electron chi connectivity index (χ1n) is 6.10. The smallest absolute Gasteiger partial charge is 0.255 e. The van der Waals surface area contributed by atoms with Crippen LogP contribution in [0.2, 0.25) is 5.02 Å². The van der Waals surface area contributed by atoms with Crippen molar-refractivity contribution < 1.29 is 9.59 Å². The second kappa shape index (κ2) is 6.74. The Labute approximate surface area is 135 Å². The van der Waals surface area contributed by atoms with Crippen LogP contribution in [0.5, 0.6) is 0 Å². The van der Waals surface area contributed by atoms with Crippen molar-refractivity contribution >= 4 is 50.7 Å². The van der Waals surface area contributed by atoms with Crippen molar-refractivity contribution in [2.75, 3.05) is 10.6 Å². The Morgan fingerprint density at radius 2 is 1.57 bits per heavy atom. The minimum absolute atomic E-state index is 0.142. The summed E-state index contributed by atoms with van der Waals surface area (Å²) in [5, 5.41) is 5.89. The maximum Gasteiger partial charge on any atom is 0.255 e. The maximum atomic E-state index is 12.1. The van der Waals surface area contributed by atoms with Crippen LogP contribution in [0.3, 0.4) is 0 Å². The highest BCUT2D eigenvalue weighted by Gasteiger charge is 2.08. The molecule has 0 fully saturated rings. The van der Waals surface area contributed by atoms with Gasteiger partial charge >= 0.3 is 0 Å². The maximum absolute atomic E-state index is 12.1. The summed E-state index contributed by atoms with van der Waals surface area (Å²) in [6.45, 7) is 1.44. The summed E-state index contributed by atoms with van der Waals surface area (Å²) in [7, 11) is 0. The van der Waals surface area contributed by atoms with Gasteiger partial charge in [0, 0.05) is 28.3 Å². The van der Waals surface area contributed by atoms with Crippen LogP contribution >= 0.6 is 27.5 Å². The van der Waals surface area contributed by atoms with Crippen molar-refractivity contribution in [3.8, 4) is 0 Å². The fourth-order valence-electron chi connectivity index (χ4n) is 1.68. The van der Waals surface area contributed by atoms with Gasteiger partial charge in [0.1, 0.15) is 0 Å². The molecule has 0 aromatic heterocycles. The van der Waals surface area contributed by atoms with Crippen molar-refractivity contribution in [2.24, 2.45) is 0 Å². The van der Waals surface area contributed by atoms with Gasteiger partial charge in [0.2, 0.25) is 5.91 Å². The second-order valence-corrected chi connectivity index (χ2v) is 5.60. The molecule has 6 heteroatoms. The molecule has 0 aliphatic carbocycles. The number of hydrogen-bond acceptors (Lipinski definition) is 2. The van der Waals surface area contributed by atoms with Gasteiger partial charge in [-0.2, -0.15) is 0 Å². The lowest BCUT2D eigenvalue weighted by Gasteiger charge is -2.07. The lowest BCUT2D eigenvalue weighted by Crippen LogP contribution is -2.12. The molecule has 0 radical (unpaired) electrons. The third-order valence-corrected chi connectivity index (χ3v) is 3.88. The van der Waals surface area contributed by atoms with Crippen molar-refractivity contribution in [2.45, 2.75) is 6.92 Å². The number of nitrogens with one attached hydrogen (secondary N) is 2. The van der Waals surface area contributed by atoms with Gasteiger partial charge in [0.15, 0.2) is 0 Å². The summed E-state index contributed by atoms with van der Waals surface area (Å²) in [5.74, 6) is -0.395. The topological polar surface area (TPSA) is 58.2 Å². The number of amides is 2. The number of carbonyl (C=O) groups is 2. The van der Waals surface area contributed by atoms with E-state index in [0.29, 0.717) is 22.0 Å². The lowest BCUT2D eigenvalue weighted by atomic mass is 10.2. The van der Waals surface area contributed by atoms with E-state index in [0.717, 1.165) is 4.47 Å². The van der Waals surface area contributed by atoms with Crippen LogP contribution in [0.1, 0.15) is 17.3 Å². The monoisotopic (exact) mass is 366 g/mol. The van der Waals surface area contributed by atoms with Crippen LogP contribution in [-0.2, 0) is 4.79 Å². The molecule has 0 atom stereocenters. The Kier molecular flexibility index (Phi) is 4.98. The van der Waals surface area contributed by atoms with Crippen LogP contribution in [-0.4, -0.2) is 11.8 Å². The van der Waals surface area contributed by atoms with Crippen molar-refractivity contribution in [1.29, 1.82) is 0 Å². The van der Waals surface area contributed by atoms with E-state index in [2.05, 4.69) is 26.6 Å². The molecule has 108 valence electrons. The zero-order valence-corrected chi connectivity index (χ0v) is 13.5. The summed E-state index contributed by atoms with van der Waals surface area (Å²) < 4.78 is 0.736. The molecule has 2 aromatic carbocycles. The Bertz CT molecular complexity index is 687. The molecule has 21 heavy (non-hydrogen) atoms. The summed E-state index contributed by atoms with van der Waals surface area (Å²) in [4.78, 5) is 23.0. The van der Waals surface area contributed by atoms with E-state index < -0.39 is 0 Å². The molecule has 2 amide bonds. The summed E-state index contributed by atoms with van der Waals surface area (Å²) in [5.41, 5.74) is 1.77. The summed E-state index contributed by atoms with van der Waals surface area (Å²) in [6.07, 6.45) is 0. The first-order chi connectivity index (χ1) is 9.95. The third-order valence-electron chi connectivity index (χ3n) is 2.64. The van der Waals surface area contributed by atoms with Crippen LogP contribution in [0, 0.1) is 0 Å². The minimum atomic E-state index is -0.253. The SMILES string of the molecule is CC(=O)Nc1ccc(NC(=O)c2ccc(Br)c(Cl)c2)cc1. The molecule has 0 saturated carbocycles. The first kappa shape index (κ1) is 15.5. The lowest BCUT2D eigenvalue weighted by molar-refractivity contribution is -0.114.